The predicted molar refractivity (Wildman–Crippen MR) is 120 cm³/mol. The number of fused-ring (bicyclic) bond motifs is 1. The number of carboxylic acid groups (broad SMARTS) is 2. The Morgan fingerprint density at radius 2 is 1.58 bits per heavy atom. The topological polar surface area (TPSA) is 141 Å². The smallest absolute Gasteiger partial charge is 0.328 e. The van der Waals surface area contributed by atoms with Crippen molar-refractivity contribution in [2.75, 3.05) is 19.6 Å². The van der Waals surface area contributed by atoms with E-state index >= 15 is 0 Å². The number of nitrogens with two attached hydrogens (primary N) is 1. The molecule has 4 N–H and O–H groups in total. The number of likely N-dealkylation sites (tertiary alicyclic amines) is 2. The first-order valence-electron chi connectivity index (χ1n) is 11.6. The maximum absolute atomic E-state index is 13.8. The molecule has 1 unspecified atom stereocenters. The average molecular weight is 511 g/mol. The number of carboxylic acids is 2. The van der Waals surface area contributed by atoms with Gasteiger partial charge in [-0.2, -0.15) is 0 Å². The molecule has 196 valence electrons. The molecule has 2 aliphatic heterocycles. The van der Waals surface area contributed by atoms with Crippen molar-refractivity contribution < 1.29 is 42.6 Å². The minimum absolute atomic E-state index is 0.00176. The van der Waals surface area contributed by atoms with Crippen LogP contribution in [0, 0.1) is 29.3 Å². The van der Waals surface area contributed by atoms with Crippen LogP contribution in [-0.2, 0) is 25.6 Å². The van der Waals surface area contributed by atoms with Gasteiger partial charge in [0.15, 0.2) is 11.6 Å². The summed E-state index contributed by atoms with van der Waals surface area (Å²) in [6.45, 7) is 1.90. The molecule has 3 aliphatic rings. The van der Waals surface area contributed by atoms with Crippen molar-refractivity contribution in [3.63, 3.8) is 0 Å². The largest absolute Gasteiger partial charge is 0.478 e. The van der Waals surface area contributed by atoms with Gasteiger partial charge in [-0.05, 0) is 37.3 Å². The molecule has 0 aromatic heterocycles. The van der Waals surface area contributed by atoms with Crippen LogP contribution in [-0.4, -0.2) is 75.5 Å². The summed E-state index contributed by atoms with van der Waals surface area (Å²) in [6, 6.07) is 0.604. The van der Waals surface area contributed by atoms with Gasteiger partial charge in [-0.1, -0.05) is 0 Å². The lowest BCUT2D eigenvalue weighted by atomic mass is 10.0. The number of carbonyl (C=O) groups excluding carboxylic acids is 2. The van der Waals surface area contributed by atoms with Crippen LogP contribution in [0.25, 0.3) is 0 Å². The predicted octanol–water partition coefficient (Wildman–Crippen LogP) is 1.54. The number of amides is 2. The lowest BCUT2D eigenvalue weighted by molar-refractivity contribution is -0.135. The number of aliphatic carboxylic acids is 2. The zero-order valence-corrected chi connectivity index (χ0v) is 19.4. The molecule has 2 heterocycles. The zero-order valence-electron chi connectivity index (χ0n) is 19.4. The van der Waals surface area contributed by atoms with E-state index in [2.05, 4.69) is 0 Å². The van der Waals surface area contributed by atoms with Gasteiger partial charge in [0.1, 0.15) is 5.82 Å². The maximum Gasteiger partial charge on any atom is 0.328 e. The SMILES string of the molecule is NC(CC(=O)N1CC[C@H]2CN(C(=O)C3CC3)C[C@H]21)Cc1cc(F)c(F)cc1F.O=C(O)C=CC(=O)O. The normalized spacial score (nSPS) is 21.7. The molecule has 2 amide bonds. The summed E-state index contributed by atoms with van der Waals surface area (Å²) in [7, 11) is 0. The van der Waals surface area contributed by atoms with Crippen LogP contribution in [0.15, 0.2) is 24.3 Å². The highest BCUT2D eigenvalue weighted by Crippen LogP contribution is 2.37. The Balaban J connectivity index is 0.000000392. The van der Waals surface area contributed by atoms with Crippen molar-refractivity contribution in [2.45, 2.75) is 44.2 Å². The Morgan fingerprint density at radius 1 is 0.972 bits per heavy atom. The van der Waals surface area contributed by atoms with Crippen LogP contribution >= 0.6 is 0 Å². The molecule has 9 nitrogen and oxygen atoms in total. The number of nitrogens with zero attached hydrogens (tertiary/aromatic N) is 2. The number of hydrogen-bond donors (Lipinski definition) is 3. The number of rotatable bonds is 7. The van der Waals surface area contributed by atoms with Crippen molar-refractivity contribution in [2.24, 2.45) is 17.6 Å². The van der Waals surface area contributed by atoms with Crippen LogP contribution in [0.5, 0.6) is 0 Å². The molecule has 1 saturated carbocycles. The highest BCUT2D eigenvalue weighted by atomic mass is 19.2. The van der Waals surface area contributed by atoms with E-state index in [1.54, 1.807) is 4.90 Å². The minimum atomic E-state index is -1.26. The van der Waals surface area contributed by atoms with E-state index < -0.39 is 35.4 Å². The number of benzene rings is 1. The van der Waals surface area contributed by atoms with Gasteiger partial charge in [-0.3, -0.25) is 9.59 Å². The summed E-state index contributed by atoms with van der Waals surface area (Å²) >= 11 is 0. The lowest BCUT2D eigenvalue weighted by Gasteiger charge is -2.26. The van der Waals surface area contributed by atoms with Crippen LogP contribution in [0.3, 0.4) is 0 Å². The van der Waals surface area contributed by atoms with Gasteiger partial charge in [0, 0.05) is 62.2 Å². The zero-order chi connectivity index (χ0) is 26.6. The molecule has 1 aliphatic carbocycles. The van der Waals surface area contributed by atoms with Crippen molar-refractivity contribution in [3.8, 4) is 0 Å². The molecule has 2 saturated heterocycles. The first kappa shape index (κ1) is 27.2. The third kappa shape index (κ3) is 7.06. The van der Waals surface area contributed by atoms with Gasteiger partial charge >= 0.3 is 11.9 Å². The first-order chi connectivity index (χ1) is 17.0. The fourth-order valence-corrected chi connectivity index (χ4v) is 4.60. The third-order valence-corrected chi connectivity index (χ3v) is 6.48. The van der Waals surface area contributed by atoms with Crippen molar-refractivity contribution >= 4 is 23.8 Å². The average Bonchev–Trinajstić information content (AvgIpc) is 3.44. The van der Waals surface area contributed by atoms with Crippen LogP contribution in [0.1, 0.15) is 31.2 Å². The molecule has 3 fully saturated rings. The fourth-order valence-electron chi connectivity index (χ4n) is 4.60. The number of halogens is 3. The lowest BCUT2D eigenvalue weighted by Crippen LogP contribution is -2.43. The monoisotopic (exact) mass is 511 g/mol. The van der Waals surface area contributed by atoms with E-state index in [9.17, 15) is 32.3 Å². The summed E-state index contributed by atoms with van der Waals surface area (Å²) in [5, 5.41) is 15.6. The Kier molecular flexibility index (Phi) is 8.72. The highest BCUT2D eigenvalue weighted by molar-refractivity contribution is 5.89. The van der Waals surface area contributed by atoms with Gasteiger partial charge in [0.05, 0.1) is 6.04 Å². The van der Waals surface area contributed by atoms with Gasteiger partial charge in [-0.15, -0.1) is 0 Å². The summed E-state index contributed by atoms with van der Waals surface area (Å²) in [5.74, 6) is -5.23. The van der Waals surface area contributed by atoms with Gasteiger partial charge in [-0.25, -0.2) is 22.8 Å². The molecule has 36 heavy (non-hydrogen) atoms. The summed E-state index contributed by atoms with van der Waals surface area (Å²) < 4.78 is 40.2. The third-order valence-electron chi connectivity index (χ3n) is 6.48. The van der Waals surface area contributed by atoms with Gasteiger partial charge in [0.2, 0.25) is 11.8 Å². The summed E-state index contributed by atoms with van der Waals surface area (Å²) in [6.07, 6.45) is 3.84. The maximum atomic E-state index is 13.8. The van der Waals surface area contributed by atoms with E-state index in [0.717, 1.165) is 25.3 Å². The Labute approximate surface area is 205 Å². The highest BCUT2D eigenvalue weighted by Gasteiger charge is 2.46. The Bertz CT molecular complexity index is 1050. The molecule has 1 aromatic carbocycles. The van der Waals surface area contributed by atoms with E-state index in [-0.39, 0.29) is 42.2 Å². The first-order valence-corrected chi connectivity index (χ1v) is 11.6. The van der Waals surface area contributed by atoms with Crippen LogP contribution in [0.4, 0.5) is 13.2 Å². The molecule has 4 rings (SSSR count). The van der Waals surface area contributed by atoms with E-state index in [1.807, 2.05) is 4.90 Å². The quantitative estimate of drug-likeness (QED) is 0.373. The molecule has 0 bridgehead atoms. The Morgan fingerprint density at radius 3 is 2.17 bits per heavy atom. The molecule has 0 radical (unpaired) electrons. The second-order valence-corrected chi connectivity index (χ2v) is 9.26. The van der Waals surface area contributed by atoms with Gasteiger partial charge < -0.3 is 25.7 Å². The summed E-state index contributed by atoms with van der Waals surface area (Å²) in [4.78, 5) is 47.8. The molecule has 0 spiro atoms. The molecule has 12 heteroatoms. The molecule has 3 atom stereocenters. The van der Waals surface area contributed by atoms with Crippen molar-refractivity contribution in [1.82, 2.24) is 9.80 Å². The van der Waals surface area contributed by atoms with E-state index in [0.29, 0.717) is 43.8 Å². The standard InChI is InChI=1S/C20H24F3N3O2.C4H4O4/c21-15-8-17(23)16(22)6-13(15)5-14(24)7-19(27)26-4-3-12-9-25(10-18(12)26)20(28)11-1-2-11;5-3(6)1-2-4(7)8/h6,8,11-12,14,18H,1-5,7,9-10,24H2;1-2H,(H,5,6)(H,7,8)/t12-,14?,18+;/m0./s1. The van der Waals surface area contributed by atoms with E-state index in [4.69, 9.17) is 15.9 Å². The number of hydrogen-bond acceptors (Lipinski definition) is 5. The Hall–Kier alpha value is -3.41. The van der Waals surface area contributed by atoms with Crippen LogP contribution < -0.4 is 5.73 Å². The second-order valence-electron chi connectivity index (χ2n) is 9.26. The molecule has 1 aromatic rings. The fraction of sp³-hybridized carbons (Fsp3) is 0.500. The minimum Gasteiger partial charge on any atom is -0.478 e. The van der Waals surface area contributed by atoms with E-state index in [1.165, 1.54) is 0 Å². The molecular formula is C24H28F3N3O6. The van der Waals surface area contributed by atoms with Crippen molar-refractivity contribution in [3.05, 3.63) is 47.3 Å². The number of carbonyl (C=O) groups is 4. The van der Waals surface area contributed by atoms with Gasteiger partial charge in [0.25, 0.3) is 0 Å². The summed E-state index contributed by atoms with van der Waals surface area (Å²) in [5.41, 5.74) is 5.96. The molecular weight excluding hydrogens is 483 g/mol. The van der Waals surface area contributed by atoms with Crippen molar-refractivity contribution in [1.29, 1.82) is 0 Å². The van der Waals surface area contributed by atoms with Crippen LogP contribution in [0.2, 0.25) is 0 Å². The second kappa shape index (κ2) is 11.5.